The Morgan fingerprint density at radius 1 is 1.45 bits per heavy atom. The van der Waals surface area contributed by atoms with Crippen molar-refractivity contribution in [1.29, 1.82) is 0 Å². The first-order chi connectivity index (χ1) is 9.63. The van der Waals surface area contributed by atoms with Gasteiger partial charge in [-0.1, -0.05) is 19.3 Å². The Kier molecular flexibility index (Phi) is 4.93. The molecule has 1 aliphatic carbocycles. The highest BCUT2D eigenvalue weighted by Gasteiger charge is 2.25. The minimum absolute atomic E-state index is 0.153. The lowest BCUT2D eigenvalue weighted by Gasteiger charge is -2.31. The number of carbonyl (C=O) groups is 1. The molecule has 1 amide bonds. The van der Waals surface area contributed by atoms with E-state index < -0.39 is 5.82 Å². The lowest BCUT2D eigenvalue weighted by atomic mass is 9.94. The zero-order chi connectivity index (χ0) is 14.5. The number of anilines is 1. The Morgan fingerprint density at radius 2 is 2.15 bits per heavy atom. The number of nitrogens with zero attached hydrogens (tertiary/aromatic N) is 2. The molecule has 0 bridgehead atoms. The number of rotatable bonds is 4. The summed E-state index contributed by atoms with van der Waals surface area (Å²) in [5.41, 5.74) is 0.319. The maximum Gasteiger partial charge on any atom is 0.257 e. The summed E-state index contributed by atoms with van der Waals surface area (Å²) in [7, 11) is 1.80. The fourth-order valence-corrected chi connectivity index (χ4v) is 2.73. The molecule has 4 nitrogen and oxygen atoms in total. The van der Waals surface area contributed by atoms with E-state index in [1.54, 1.807) is 11.9 Å². The molecule has 1 aliphatic rings. The van der Waals surface area contributed by atoms with E-state index in [4.69, 9.17) is 0 Å². The highest BCUT2D eigenvalue weighted by molar-refractivity contribution is 5.98. The molecule has 0 atom stereocenters. The lowest BCUT2D eigenvalue weighted by Crippen LogP contribution is -2.38. The second-order valence-electron chi connectivity index (χ2n) is 5.29. The Labute approximate surface area is 119 Å². The summed E-state index contributed by atoms with van der Waals surface area (Å²) < 4.78 is 13.4. The van der Waals surface area contributed by atoms with Gasteiger partial charge in [-0.2, -0.15) is 0 Å². The van der Waals surface area contributed by atoms with Crippen LogP contribution in [-0.2, 0) is 0 Å². The highest BCUT2D eigenvalue weighted by Crippen LogP contribution is 2.24. The van der Waals surface area contributed by atoms with Gasteiger partial charge in [-0.05, 0) is 25.8 Å². The average Bonchev–Trinajstić information content (AvgIpc) is 2.48. The zero-order valence-corrected chi connectivity index (χ0v) is 12.2. The fraction of sp³-hybridized carbons (Fsp3) is 0.600. The van der Waals surface area contributed by atoms with Gasteiger partial charge in [0.25, 0.3) is 5.91 Å². The molecule has 0 saturated heterocycles. The Morgan fingerprint density at radius 3 is 2.80 bits per heavy atom. The van der Waals surface area contributed by atoms with Crippen molar-refractivity contribution in [1.82, 2.24) is 9.88 Å². The first kappa shape index (κ1) is 14.8. The third kappa shape index (κ3) is 3.26. The quantitative estimate of drug-likeness (QED) is 0.921. The molecule has 2 rings (SSSR count). The van der Waals surface area contributed by atoms with Gasteiger partial charge in [-0.25, -0.2) is 9.37 Å². The van der Waals surface area contributed by atoms with Crippen LogP contribution in [0, 0.1) is 5.82 Å². The molecule has 1 fully saturated rings. The van der Waals surface area contributed by atoms with Gasteiger partial charge in [-0.3, -0.25) is 4.79 Å². The number of hydrogen-bond donors (Lipinski definition) is 1. The zero-order valence-electron chi connectivity index (χ0n) is 12.2. The number of carbonyl (C=O) groups excluding carboxylic acids is 1. The van der Waals surface area contributed by atoms with E-state index >= 15 is 0 Å². The van der Waals surface area contributed by atoms with E-state index in [1.165, 1.54) is 12.5 Å². The Balaban J connectivity index is 2.20. The van der Waals surface area contributed by atoms with Crippen molar-refractivity contribution in [2.45, 2.75) is 45.1 Å². The molecule has 0 spiro atoms. The molecule has 110 valence electrons. The molecule has 20 heavy (non-hydrogen) atoms. The van der Waals surface area contributed by atoms with Crippen molar-refractivity contribution in [3.63, 3.8) is 0 Å². The Hall–Kier alpha value is -1.65. The van der Waals surface area contributed by atoms with Crippen LogP contribution in [0.3, 0.4) is 0 Å². The number of halogens is 1. The monoisotopic (exact) mass is 279 g/mol. The minimum Gasteiger partial charge on any atom is -0.370 e. The van der Waals surface area contributed by atoms with Gasteiger partial charge in [0.05, 0.1) is 11.8 Å². The molecule has 0 radical (unpaired) electrons. The van der Waals surface area contributed by atoms with Crippen LogP contribution >= 0.6 is 0 Å². The van der Waals surface area contributed by atoms with Gasteiger partial charge in [0.15, 0.2) is 0 Å². The van der Waals surface area contributed by atoms with Gasteiger partial charge in [0, 0.05) is 19.6 Å². The molecular formula is C15H22FN3O. The second kappa shape index (κ2) is 6.68. The normalized spacial score (nSPS) is 15.9. The lowest BCUT2D eigenvalue weighted by molar-refractivity contribution is 0.0696. The van der Waals surface area contributed by atoms with E-state index in [-0.39, 0.29) is 11.9 Å². The molecule has 0 aliphatic heterocycles. The van der Waals surface area contributed by atoms with Crippen molar-refractivity contribution in [2.75, 3.05) is 18.9 Å². The maximum absolute atomic E-state index is 13.4. The minimum atomic E-state index is -0.480. The summed E-state index contributed by atoms with van der Waals surface area (Å²) in [4.78, 5) is 18.3. The third-order valence-electron chi connectivity index (χ3n) is 3.87. The number of hydrogen-bond acceptors (Lipinski definition) is 3. The number of amides is 1. The standard InChI is InChI=1S/C15H22FN3O/c1-3-17-14-13(9-11(16)10-18-14)15(20)19(2)12-7-5-4-6-8-12/h9-10,12H,3-8H2,1-2H3,(H,17,18). The molecule has 1 N–H and O–H groups in total. The summed E-state index contributed by atoms with van der Waals surface area (Å²) in [6.45, 7) is 2.57. The van der Waals surface area contributed by atoms with E-state index in [9.17, 15) is 9.18 Å². The molecule has 0 unspecified atom stereocenters. The van der Waals surface area contributed by atoms with Crippen molar-refractivity contribution in [3.05, 3.63) is 23.6 Å². The van der Waals surface area contributed by atoms with Gasteiger partial charge in [0.1, 0.15) is 11.6 Å². The summed E-state index contributed by atoms with van der Waals surface area (Å²) in [5.74, 6) is -0.173. The second-order valence-corrected chi connectivity index (χ2v) is 5.29. The number of pyridine rings is 1. The topological polar surface area (TPSA) is 45.2 Å². The van der Waals surface area contributed by atoms with E-state index in [0.29, 0.717) is 17.9 Å². The Bertz CT molecular complexity index is 472. The van der Waals surface area contributed by atoms with Gasteiger partial charge in [0.2, 0.25) is 0 Å². The van der Waals surface area contributed by atoms with Crippen LogP contribution in [0.1, 0.15) is 49.4 Å². The molecule has 1 aromatic rings. The summed E-state index contributed by atoms with van der Waals surface area (Å²) >= 11 is 0. The summed E-state index contributed by atoms with van der Waals surface area (Å²) in [6.07, 6.45) is 6.74. The van der Waals surface area contributed by atoms with Crippen LogP contribution in [0.4, 0.5) is 10.2 Å². The maximum atomic E-state index is 13.4. The van der Waals surface area contributed by atoms with Crippen LogP contribution in [-0.4, -0.2) is 35.4 Å². The smallest absolute Gasteiger partial charge is 0.257 e. The van der Waals surface area contributed by atoms with Gasteiger partial charge >= 0.3 is 0 Å². The summed E-state index contributed by atoms with van der Waals surface area (Å²) in [5, 5.41) is 3.02. The van der Waals surface area contributed by atoms with Gasteiger partial charge in [-0.15, -0.1) is 0 Å². The summed E-state index contributed by atoms with van der Waals surface area (Å²) in [6, 6.07) is 1.53. The van der Waals surface area contributed by atoms with Crippen LogP contribution in [0.5, 0.6) is 0 Å². The van der Waals surface area contributed by atoms with Crippen molar-refractivity contribution < 1.29 is 9.18 Å². The predicted octanol–water partition coefficient (Wildman–Crippen LogP) is 3.06. The first-order valence-electron chi connectivity index (χ1n) is 7.30. The van der Waals surface area contributed by atoms with Gasteiger partial charge < -0.3 is 10.2 Å². The highest BCUT2D eigenvalue weighted by atomic mass is 19.1. The average molecular weight is 279 g/mol. The molecule has 1 aromatic heterocycles. The number of aromatic nitrogens is 1. The fourth-order valence-electron chi connectivity index (χ4n) is 2.73. The third-order valence-corrected chi connectivity index (χ3v) is 3.87. The molecule has 1 saturated carbocycles. The molecule has 0 aromatic carbocycles. The van der Waals surface area contributed by atoms with E-state index in [2.05, 4.69) is 10.3 Å². The van der Waals surface area contributed by atoms with Crippen LogP contribution in [0.25, 0.3) is 0 Å². The van der Waals surface area contributed by atoms with Crippen molar-refractivity contribution >= 4 is 11.7 Å². The molecular weight excluding hydrogens is 257 g/mol. The molecule has 1 heterocycles. The van der Waals surface area contributed by atoms with Crippen LogP contribution in [0.15, 0.2) is 12.3 Å². The van der Waals surface area contributed by atoms with Crippen molar-refractivity contribution in [3.8, 4) is 0 Å². The predicted molar refractivity (Wildman–Crippen MR) is 77.3 cm³/mol. The largest absolute Gasteiger partial charge is 0.370 e. The molecule has 5 heteroatoms. The first-order valence-corrected chi connectivity index (χ1v) is 7.30. The van der Waals surface area contributed by atoms with Crippen LogP contribution in [0.2, 0.25) is 0 Å². The van der Waals surface area contributed by atoms with Crippen molar-refractivity contribution in [2.24, 2.45) is 0 Å². The van der Waals surface area contributed by atoms with E-state index in [0.717, 1.165) is 31.9 Å². The van der Waals surface area contributed by atoms with E-state index in [1.807, 2.05) is 6.92 Å². The number of nitrogens with one attached hydrogen (secondary N) is 1. The van der Waals surface area contributed by atoms with Crippen LogP contribution < -0.4 is 5.32 Å². The SMILES string of the molecule is CCNc1ncc(F)cc1C(=O)N(C)C1CCCCC1.